The van der Waals surface area contributed by atoms with Crippen molar-refractivity contribution >= 4 is 35.6 Å². The highest BCUT2D eigenvalue weighted by atomic mass is 35.5. The van der Waals surface area contributed by atoms with E-state index in [4.69, 9.17) is 27.9 Å². The van der Waals surface area contributed by atoms with E-state index >= 15 is 0 Å². The third-order valence-electron chi connectivity index (χ3n) is 1.81. The quantitative estimate of drug-likeness (QED) is 0.803. The van der Waals surface area contributed by atoms with Crippen LogP contribution in [-0.2, 0) is 0 Å². The van der Waals surface area contributed by atoms with Gasteiger partial charge in [0, 0.05) is 16.6 Å². The van der Waals surface area contributed by atoms with Crippen LogP contribution in [0, 0.1) is 0 Å². The summed E-state index contributed by atoms with van der Waals surface area (Å²) < 4.78 is 5.48. The van der Waals surface area contributed by atoms with E-state index in [2.05, 4.69) is 12.2 Å². The Balaban J connectivity index is 0.00000225. The van der Waals surface area contributed by atoms with Crippen LogP contribution in [0.25, 0.3) is 0 Å². The van der Waals surface area contributed by atoms with Crippen molar-refractivity contribution in [2.45, 2.75) is 13.3 Å². The summed E-state index contributed by atoms with van der Waals surface area (Å²) in [7, 11) is 0. The van der Waals surface area contributed by atoms with Crippen LogP contribution < -0.4 is 10.1 Å². The molecule has 0 aliphatic heterocycles. The number of halogens is 3. The highest BCUT2D eigenvalue weighted by molar-refractivity contribution is 6.34. The molecule has 1 N–H and O–H groups in total. The Kier molecular flexibility index (Phi) is 8.86. The van der Waals surface area contributed by atoms with Gasteiger partial charge in [-0.3, -0.25) is 0 Å². The molecule has 1 rings (SSSR count). The zero-order chi connectivity index (χ0) is 11.1. The zero-order valence-electron chi connectivity index (χ0n) is 9.13. The average Bonchev–Trinajstić information content (AvgIpc) is 2.16. The van der Waals surface area contributed by atoms with Gasteiger partial charge in [0.15, 0.2) is 0 Å². The van der Waals surface area contributed by atoms with Crippen molar-refractivity contribution < 1.29 is 4.74 Å². The number of nitrogens with one attached hydrogen (secondary N) is 1. The number of benzene rings is 1. The molecule has 0 saturated heterocycles. The summed E-state index contributed by atoms with van der Waals surface area (Å²) in [4.78, 5) is 0. The predicted octanol–water partition coefficient (Wildman–Crippen LogP) is 3.79. The van der Waals surface area contributed by atoms with Gasteiger partial charge < -0.3 is 10.1 Å². The first kappa shape index (κ1) is 15.9. The average molecular weight is 285 g/mol. The Morgan fingerprint density at radius 2 is 1.75 bits per heavy atom. The minimum atomic E-state index is 0. The van der Waals surface area contributed by atoms with E-state index in [1.54, 1.807) is 18.2 Å². The third-order valence-corrected chi connectivity index (χ3v) is 2.25. The lowest BCUT2D eigenvalue weighted by Gasteiger charge is -2.07. The van der Waals surface area contributed by atoms with Crippen LogP contribution in [0.15, 0.2) is 18.2 Å². The van der Waals surface area contributed by atoms with Gasteiger partial charge in [-0.05, 0) is 31.2 Å². The van der Waals surface area contributed by atoms with E-state index in [0.717, 1.165) is 19.5 Å². The molecule has 5 heteroatoms. The van der Waals surface area contributed by atoms with Crippen LogP contribution in [0.2, 0.25) is 10.0 Å². The lowest BCUT2D eigenvalue weighted by molar-refractivity contribution is 0.314. The molecule has 1 aromatic rings. The molecular weight excluding hydrogens is 268 g/mol. The van der Waals surface area contributed by atoms with E-state index in [0.29, 0.717) is 22.4 Å². The Morgan fingerprint density at radius 3 is 2.31 bits per heavy atom. The molecule has 0 fully saturated rings. The molecule has 92 valence electrons. The molecule has 0 atom stereocenters. The van der Waals surface area contributed by atoms with Crippen molar-refractivity contribution in [1.82, 2.24) is 5.32 Å². The molecule has 0 heterocycles. The van der Waals surface area contributed by atoms with Crippen molar-refractivity contribution in [3.63, 3.8) is 0 Å². The summed E-state index contributed by atoms with van der Waals surface area (Å²) >= 11 is 11.7. The summed E-state index contributed by atoms with van der Waals surface area (Å²) in [5.41, 5.74) is 0. The molecule has 0 unspecified atom stereocenters. The molecule has 0 bridgehead atoms. The first-order chi connectivity index (χ1) is 7.22. The minimum Gasteiger partial charge on any atom is -0.492 e. The molecule has 0 saturated carbocycles. The van der Waals surface area contributed by atoms with Crippen molar-refractivity contribution in [1.29, 1.82) is 0 Å². The minimum absolute atomic E-state index is 0. The van der Waals surface area contributed by atoms with Gasteiger partial charge in [-0.15, -0.1) is 12.4 Å². The topological polar surface area (TPSA) is 21.3 Å². The Hall–Kier alpha value is -0.150. The molecule has 0 radical (unpaired) electrons. The SMILES string of the molecule is CCCNCCOc1cc(Cl)cc(Cl)c1.Cl. The normalized spacial score (nSPS) is 9.69. The standard InChI is InChI=1S/C11H15Cl2NO.ClH/c1-2-3-14-4-5-15-11-7-9(12)6-10(13)8-11;/h6-8,14H,2-5H2,1H3;1H. The number of rotatable bonds is 6. The maximum Gasteiger partial charge on any atom is 0.122 e. The summed E-state index contributed by atoms with van der Waals surface area (Å²) in [6.07, 6.45) is 1.13. The van der Waals surface area contributed by atoms with Gasteiger partial charge in [0.05, 0.1) is 0 Å². The number of ether oxygens (including phenoxy) is 1. The molecule has 0 aromatic heterocycles. The van der Waals surface area contributed by atoms with Gasteiger partial charge in [-0.2, -0.15) is 0 Å². The van der Waals surface area contributed by atoms with Gasteiger partial charge >= 0.3 is 0 Å². The Labute approximate surface area is 113 Å². The van der Waals surface area contributed by atoms with Gasteiger partial charge in [-0.1, -0.05) is 30.1 Å². The molecule has 0 aliphatic rings. The predicted molar refractivity (Wildman–Crippen MR) is 72.4 cm³/mol. The summed E-state index contributed by atoms with van der Waals surface area (Å²) in [5.74, 6) is 0.714. The largest absolute Gasteiger partial charge is 0.492 e. The molecule has 0 spiro atoms. The van der Waals surface area contributed by atoms with Crippen LogP contribution in [-0.4, -0.2) is 19.7 Å². The highest BCUT2D eigenvalue weighted by Gasteiger charge is 1.98. The molecule has 0 aliphatic carbocycles. The van der Waals surface area contributed by atoms with Crippen molar-refractivity contribution in [2.75, 3.05) is 19.7 Å². The fraction of sp³-hybridized carbons (Fsp3) is 0.455. The van der Waals surface area contributed by atoms with Gasteiger partial charge in [0.25, 0.3) is 0 Å². The van der Waals surface area contributed by atoms with E-state index in [1.807, 2.05) is 0 Å². The van der Waals surface area contributed by atoms with E-state index in [1.165, 1.54) is 0 Å². The highest BCUT2D eigenvalue weighted by Crippen LogP contribution is 2.23. The fourth-order valence-electron chi connectivity index (χ4n) is 1.15. The van der Waals surface area contributed by atoms with Gasteiger partial charge in [0.1, 0.15) is 12.4 Å². The van der Waals surface area contributed by atoms with Gasteiger partial charge in [0.2, 0.25) is 0 Å². The second-order valence-electron chi connectivity index (χ2n) is 3.20. The van der Waals surface area contributed by atoms with E-state index in [-0.39, 0.29) is 12.4 Å². The lowest BCUT2D eigenvalue weighted by atomic mass is 10.3. The van der Waals surface area contributed by atoms with E-state index < -0.39 is 0 Å². The summed E-state index contributed by atoms with van der Waals surface area (Å²) in [5, 5.41) is 4.44. The monoisotopic (exact) mass is 283 g/mol. The molecular formula is C11H16Cl3NO. The van der Waals surface area contributed by atoms with Crippen LogP contribution in [0.5, 0.6) is 5.75 Å². The first-order valence-electron chi connectivity index (χ1n) is 5.02. The fourth-order valence-corrected chi connectivity index (χ4v) is 1.66. The maximum atomic E-state index is 5.83. The third kappa shape index (κ3) is 6.44. The lowest BCUT2D eigenvalue weighted by Crippen LogP contribution is -2.21. The van der Waals surface area contributed by atoms with Gasteiger partial charge in [-0.25, -0.2) is 0 Å². The van der Waals surface area contributed by atoms with Crippen molar-refractivity contribution in [3.05, 3.63) is 28.2 Å². The van der Waals surface area contributed by atoms with Crippen LogP contribution >= 0.6 is 35.6 Å². The Bertz CT molecular complexity index is 287. The van der Waals surface area contributed by atoms with Crippen molar-refractivity contribution in [3.8, 4) is 5.75 Å². The Morgan fingerprint density at radius 1 is 1.12 bits per heavy atom. The van der Waals surface area contributed by atoms with Crippen molar-refractivity contribution in [2.24, 2.45) is 0 Å². The zero-order valence-corrected chi connectivity index (χ0v) is 11.5. The maximum absolute atomic E-state index is 5.83. The van der Waals surface area contributed by atoms with E-state index in [9.17, 15) is 0 Å². The smallest absolute Gasteiger partial charge is 0.122 e. The summed E-state index contributed by atoms with van der Waals surface area (Å²) in [6.45, 7) is 4.60. The second kappa shape index (κ2) is 8.94. The molecule has 16 heavy (non-hydrogen) atoms. The molecule has 2 nitrogen and oxygen atoms in total. The van der Waals surface area contributed by atoms with Crippen LogP contribution in [0.1, 0.15) is 13.3 Å². The van der Waals surface area contributed by atoms with Crippen LogP contribution in [0.3, 0.4) is 0 Å². The molecule has 1 aromatic carbocycles. The number of hydrogen-bond acceptors (Lipinski definition) is 2. The van der Waals surface area contributed by atoms with Crippen LogP contribution in [0.4, 0.5) is 0 Å². The number of hydrogen-bond donors (Lipinski definition) is 1. The molecule has 0 amide bonds. The summed E-state index contributed by atoms with van der Waals surface area (Å²) in [6, 6.07) is 5.20. The second-order valence-corrected chi connectivity index (χ2v) is 4.08. The first-order valence-corrected chi connectivity index (χ1v) is 5.77.